The first-order chi connectivity index (χ1) is 15.0. The van der Waals surface area contributed by atoms with Gasteiger partial charge < -0.3 is 10.2 Å². The van der Waals surface area contributed by atoms with E-state index in [1.165, 1.54) is 37.7 Å². The van der Waals surface area contributed by atoms with Crippen LogP contribution in [0, 0.1) is 5.82 Å². The molecule has 31 heavy (non-hydrogen) atoms. The lowest BCUT2D eigenvalue weighted by atomic mass is 9.95. The molecular formula is C22H25ClFN7. The molecule has 162 valence electrons. The number of halogens is 2. The molecule has 2 aliphatic heterocycles. The van der Waals surface area contributed by atoms with Crippen LogP contribution in [-0.2, 0) is 0 Å². The predicted molar refractivity (Wildman–Crippen MR) is 120 cm³/mol. The average molecular weight is 442 g/mol. The maximum atomic E-state index is 13.5. The second kappa shape index (κ2) is 8.16. The molecule has 2 aliphatic rings. The summed E-state index contributed by atoms with van der Waals surface area (Å²) in [5.74, 6) is 0.767. The molecule has 1 atom stereocenters. The number of benzene rings is 1. The van der Waals surface area contributed by atoms with Gasteiger partial charge in [0.25, 0.3) is 0 Å². The van der Waals surface area contributed by atoms with Gasteiger partial charge in [-0.1, -0.05) is 11.6 Å². The minimum atomic E-state index is -0.462. The minimum absolute atomic E-state index is 0.0494. The van der Waals surface area contributed by atoms with Crippen molar-refractivity contribution in [3.63, 3.8) is 0 Å². The Morgan fingerprint density at radius 3 is 2.68 bits per heavy atom. The van der Waals surface area contributed by atoms with Crippen molar-refractivity contribution in [1.29, 1.82) is 0 Å². The van der Waals surface area contributed by atoms with Gasteiger partial charge >= 0.3 is 0 Å². The number of rotatable bonds is 4. The van der Waals surface area contributed by atoms with Gasteiger partial charge in [-0.2, -0.15) is 0 Å². The molecule has 0 bridgehead atoms. The third kappa shape index (κ3) is 3.78. The molecular weight excluding hydrogens is 417 g/mol. The van der Waals surface area contributed by atoms with Crippen LogP contribution in [-0.4, -0.2) is 50.1 Å². The molecule has 0 aliphatic carbocycles. The number of hydrogen-bond acceptors (Lipinski definition) is 7. The fourth-order valence-electron chi connectivity index (χ4n) is 4.73. The summed E-state index contributed by atoms with van der Waals surface area (Å²) in [5, 5.41) is 3.25. The fourth-order valence-corrected chi connectivity index (χ4v) is 4.91. The molecule has 9 heteroatoms. The Bertz CT molecular complexity index is 1100. The van der Waals surface area contributed by atoms with Gasteiger partial charge in [-0.25, -0.2) is 24.3 Å². The smallest absolute Gasteiger partial charge is 0.227 e. The van der Waals surface area contributed by atoms with E-state index in [0.717, 1.165) is 32.5 Å². The number of hydrogen-bond donors (Lipinski definition) is 1. The monoisotopic (exact) mass is 441 g/mol. The molecule has 3 aromatic rings. The first kappa shape index (κ1) is 20.3. The lowest BCUT2D eigenvalue weighted by Gasteiger charge is -2.50. The van der Waals surface area contributed by atoms with E-state index in [2.05, 4.69) is 37.0 Å². The Labute approximate surface area is 185 Å². The van der Waals surface area contributed by atoms with E-state index in [4.69, 9.17) is 16.6 Å². The Balaban J connectivity index is 1.52. The Kier molecular flexibility index (Phi) is 5.35. The number of likely N-dealkylation sites (tertiary alicyclic amines) is 1. The molecule has 0 radical (unpaired) electrons. The molecule has 0 spiro atoms. The first-order valence-electron chi connectivity index (χ1n) is 10.8. The van der Waals surface area contributed by atoms with Crippen LogP contribution >= 0.6 is 11.6 Å². The summed E-state index contributed by atoms with van der Waals surface area (Å²) in [6.07, 6.45) is 9.12. The fraction of sp³-hybridized carbons (Fsp3) is 0.455. The zero-order chi connectivity index (χ0) is 21.4. The van der Waals surface area contributed by atoms with Gasteiger partial charge in [0.05, 0.1) is 16.9 Å². The van der Waals surface area contributed by atoms with Gasteiger partial charge in [0.1, 0.15) is 23.2 Å². The van der Waals surface area contributed by atoms with E-state index in [0.29, 0.717) is 28.5 Å². The van der Waals surface area contributed by atoms with Gasteiger partial charge in [-0.05, 0) is 57.2 Å². The third-order valence-corrected chi connectivity index (χ3v) is 6.73. The molecule has 5 rings (SSSR count). The molecule has 2 saturated heterocycles. The van der Waals surface area contributed by atoms with Gasteiger partial charge in [0.15, 0.2) is 5.82 Å². The molecule has 1 unspecified atom stereocenters. The van der Waals surface area contributed by atoms with Crippen molar-refractivity contribution in [2.45, 2.75) is 44.7 Å². The van der Waals surface area contributed by atoms with Crippen LogP contribution in [0.3, 0.4) is 0 Å². The normalized spacial score (nSPS) is 22.2. The first-order valence-corrected chi connectivity index (χ1v) is 11.1. The van der Waals surface area contributed by atoms with Gasteiger partial charge in [0.2, 0.25) is 5.95 Å². The second-order valence-corrected chi connectivity index (χ2v) is 8.81. The van der Waals surface area contributed by atoms with Crippen LogP contribution in [0.15, 0.2) is 30.7 Å². The predicted octanol–water partition coefficient (Wildman–Crippen LogP) is 4.76. The summed E-state index contributed by atoms with van der Waals surface area (Å²) in [7, 11) is 0. The average Bonchev–Trinajstić information content (AvgIpc) is 3.33. The van der Waals surface area contributed by atoms with Crippen LogP contribution in [0.1, 0.15) is 39.0 Å². The van der Waals surface area contributed by atoms with E-state index >= 15 is 0 Å². The topological polar surface area (TPSA) is 70.1 Å². The minimum Gasteiger partial charge on any atom is -0.338 e. The van der Waals surface area contributed by atoms with E-state index in [-0.39, 0.29) is 10.7 Å². The second-order valence-electron chi connectivity index (χ2n) is 8.40. The summed E-state index contributed by atoms with van der Waals surface area (Å²) in [5.41, 5.74) is 1.82. The van der Waals surface area contributed by atoms with Crippen LogP contribution in [0.2, 0.25) is 5.02 Å². The highest BCUT2D eigenvalue weighted by atomic mass is 35.5. The van der Waals surface area contributed by atoms with Crippen LogP contribution in [0.5, 0.6) is 0 Å². The number of nitrogens with one attached hydrogen (secondary N) is 1. The standard InChI is InChI=1S/C22H25ClFN7/c1-22(30-9-4-5-10-30)8-2-3-11-31(22)21-25-13-18-19(29-21)20(27-14-26-18)28-15-6-7-17(24)16(23)12-15/h6-7,12-14H,2-5,8-11H2,1H3,(H,26,27,28). The molecule has 0 saturated carbocycles. The molecule has 7 nitrogen and oxygen atoms in total. The SMILES string of the molecule is CC1(N2CCCC2)CCCCN1c1ncc2ncnc(Nc3ccc(F)c(Cl)c3)c2n1. The molecule has 1 N–H and O–H groups in total. The Morgan fingerprint density at radius 2 is 1.87 bits per heavy atom. The van der Waals surface area contributed by atoms with Crippen molar-refractivity contribution in [3.05, 3.63) is 41.6 Å². The summed E-state index contributed by atoms with van der Waals surface area (Å²) < 4.78 is 13.5. The van der Waals surface area contributed by atoms with E-state index in [1.807, 2.05) is 0 Å². The van der Waals surface area contributed by atoms with Crippen molar-refractivity contribution in [1.82, 2.24) is 24.8 Å². The van der Waals surface area contributed by atoms with Crippen LogP contribution < -0.4 is 10.2 Å². The molecule has 4 heterocycles. The number of aromatic nitrogens is 4. The van der Waals surface area contributed by atoms with Gasteiger partial charge in [-0.15, -0.1) is 0 Å². The van der Waals surface area contributed by atoms with Crippen LogP contribution in [0.4, 0.5) is 21.8 Å². The largest absolute Gasteiger partial charge is 0.338 e. The van der Waals surface area contributed by atoms with Crippen molar-refractivity contribution in [2.75, 3.05) is 29.9 Å². The Hall–Kier alpha value is -2.58. The van der Waals surface area contributed by atoms with Gasteiger partial charge in [-0.3, -0.25) is 4.90 Å². The van der Waals surface area contributed by atoms with Crippen molar-refractivity contribution in [2.24, 2.45) is 0 Å². The summed E-state index contributed by atoms with van der Waals surface area (Å²) >= 11 is 5.93. The number of nitrogens with zero attached hydrogens (tertiary/aromatic N) is 6. The lowest BCUT2D eigenvalue weighted by Crippen LogP contribution is -2.60. The lowest BCUT2D eigenvalue weighted by molar-refractivity contribution is 0.0991. The van der Waals surface area contributed by atoms with E-state index < -0.39 is 5.82 Å². The molecule has 2 aromatic heterocycles. The number of anilines is 3. The summed E-state index contributed by atoms with van der Waals surface area (Å²) in [4.78, 5) is 23.2. The Morgan fingerprint density at radius 1 is 1.06 bits per heavy atom. The molecule has 2 fully saturated rings. The third-order valence-electron chi connectivity index (χ3n) is 6.44. The van der Waals surface area contributed by atoms with Gasteiger partial charge in [0, 0.05) is 25.3 Å². The number of piperidine rings is 1. The van der Waals surface area contributed by atoms with Crippen molar-refractivity contribution in [3.8, 4) is 0 Å². The maximum Gasteiger partial charge on any atom is 0.227 e. The van der Waals surface area contributed by atoms with Crippen LogP contribution in [0.25, 0.3) is 11.0 Å². The zero-order valence-corrected chi connectivity index (χ0v) is 18.2. The summed E-state index contributed by atoms with van der Waals surface area (Å²) in [6.45, 7) is 5.46. The van der Waals surface area contributed by atoms with Crippen molar-refractivity contribution >= 4 is 40.1 Å². The quantitative estimate of drug-likeness (QED) is 0.625. The molecule has 0 amide bonds. The van der Waals surface area contributed by atoms with E-state index in [9.17, 15) is 4.39 Å². The highest BCUT2D eigenvalue weighted by Gasteiger charge is 2.42. The maximum absolute atomic E-state index is 13.5. The zero-order valence-electron chi connectivity index (χ0n) is 17.5. The van der Waals surface area contributed by atoms with E-state index in [1.54, 1.807) is 12.3 Å². The van der Waals surface area contributed by atoms with Crippen molar-refractivity contribution < 1.29 is 4.39 Å². The highest BCUT2D eigenvalue weighted by molar-refractivity contribution is 6.31. The molecule has 1 aromatic carbocycles. The highest BCUT2D eigenvalue weighted by Crippen LogP contribution is 2.36. The summed E-state index contributed by atoms with van der Waals surface area (Å²) in [6, 6.07) is 4.47. The number of fused-ring (bicyclic) bond motifs is 1.